The maximum absolute atomic E-state index is 11.8. The first-order valence-corrected chi connectivity index (χ1v) is 7.43. The molecule has 20 heavy (non-hydrogen) atoms. The van der Waals surface area contributed by atoms with Gasteiger partial charge < -0.3 is 9.47 Å². The molecule has 0 saturated carbocycles. The lowest BCUT2D eigenvalue weighted by Gasteiger charge is -2.33. The van der Waals surface area contributed by atoms with E-state index in [4.69, 9.17) is 9.47 Å². The van der Waals surface area contributed by atoms with E-state index in [1.807, 2.05) is 13.0 Å². The van der Waals surface area contributed by atoms with Crippen LogP contribution in [0.4, 0.5) is 0 Å². The second kappa shape index (κ2) is 5.70. The predicted octanol–water partition coefficient (Wildman–Crippen LogP) is 4.00. The second-order valence-corrected chi connectivity index (χ2v) is 5.31. The van der Waals surface area contributed by atoms with Crippen LogP contribution in [-0.2, 0) is 14.3 Å². The molecule has 0 aromatic heterocycles. The van der Waals surface area contributed by atoms with E-state index < -0.39 is 0 Å². The lowest BCUT2D eigenvalue weighted by Crippen LogP contribution is -2.19. The molecule has 0 spiro atoms. The number of carbonyl (C=O) groups excluding carboxylic acids is 1. The molecule has 0 fully saturated rings. The number of benzene rings is 1. The molecule has 1 aliphatic heterocycles. The van der Waals surface area contributed by atoms with Gasteiger partial charge in [-0.25, -0.2) is 0 Å². The average Bonchev–Trinajstić information content (AvgIpc) is 2.48. The molecule has 1 aromatic carbocycles. The van der Waals surface area contributed by atoms with Gasteiger partial charge in [0.15, 0.2) is 0 Å². The minimum atomic E-state index is -0.193. The third-order valence-corrected chi connectivity index (χ3v) is 3.99. The van der Waals surface area contributed by atoms with Gasteiger partial charge in [0.1, 0.15) is 11.9 Å². The van der Waals surface area contributed by atoms with Crippen LogP contribution >= 0.6 is 0 Å². The van der Waals surface area contributed by atoms with Crippen molar-refractivity contribution < 1.29 is 14.3 Å². The number of hydrogen-bond donors (Lipinski definition) is 0. The number of esters is 1. The summed E-state index contributed by atoms with van der Waals surface area (Å²) in [7, 11) is 0. The molecule has 1 aliphatic carbocycles. The molecule has 2 aliphatic rings. The number of rotatable bonds is 3. The minimum absolute atomic E-state index is 0.188. The molecule has 0 radical (unpaired) electrons. The minimum Gasteiger partial charge on any atom is -0.489 e. The molecule has 3 rings (SSSR count). The quantitative estimate of drug-likeness (QED) is 0.780. The summed E-state index contributed by atoms with van der Waals surface area (Å²) in [5.74, 6) is 0.899. The Kier molecular flexibility index (Phi) is 3.77. The van der Waals surface area contributed by atoms with Gasteiger partial charge in [-0.2, -0.15) is 0 Å². The Morgan fingerprint density at radius 2 is 2.10 bits per heavy atom. The molecular formula is C17H20O3. The highest BCUT2D eigenvalue weighted by Gasteiger charge is 2.30. The van der Waals surface area contributed by atoms with Crippen molar-refractivity contribution in [3.63, 3.8) is 0 Å². The highest BCUT2D eigenvalue weighted by molar-refractivity contribution is 5.75. The lowest BCUT2D eigenvalue weighted by atomic mass is 9.85. The fourth-order valence-electron chi connectivity index (χ4n) is 3.10. The van der Waals surface area contributed by atoms with Crippen LogP contribution in [0.5, 0.6) is 0 Å². The summed E-state index contributed by atoms with van der Waals surface area (Å²) in [4.78, 5) is 11.8. The second-order valence-electron chi connectivity index (χ2n) is 5.31. The highest BCUT2D eigenvalue weighted by atomic mass is 16.5. The standard InChI is InChI=1S/C17H20O3/c1-2-19-17(18)11-16-14-9-4-3-7-12(14)13-8-5-6-10-15(13)20-16/h3-4,7,9,16H,2,5-6,8,10-11H2,1H3/t16-/m1/s1. The smallest absolute Gasteiger partial charge is 0.309 e. The molecule has 1 heterocycles. The fraction of sp³-hybridized carbons (Fsp3) is 0.471. The average molecular weight is 272 g/mol. The van der Waals surface area contributed by atoms with Gasteiger partial charge in [0.25, 0.3) is 0 Å². The van der Waals surface area contributed by atoms with Crippen molar-refractivity contribution in [3.05, 3.63) is 41.2 Å². The van der Waals surface area contributed by atoms with Crippen molar-refractivity contribution in [3.8, 4) is 0 Å². The van der Waals surface area contributed by atoms with Crippen LogP contribution in [0.3, 0.4) is 0 Å². The summed E-state index contributed by atoms with van der Waals surface area (Å²) >= 11 is 0. The summed E-state index contributed by atoms with van der Waals surface area (Å²) in [6.45, 7) is 2.25. The Hall–Kier alpha value is -1.77. The van der Waals surface area contributed by atoms with Gasteiger partial charge in [-0.05, 0) is 37.3 Å². The van der Waals surface area contributed by atoms with Crippen molar-refractivity contribution in [2.45, 2.75) is 45.1 Å². The SMILES string of the molecule is CCOC(=O)C[C@H]1OC2=C(CCCC2)c2ccccc21. The van der Waals surface area contributed by atoms with E-state index in [-0.39, 0.29) is 12.1 Å². The lowest BCUT2D eigenvalue weighted by molar-refractivity contribution is -0.145. The van der Waals surface area contributed by atoms with Gasteiger partial charge in [-0.1, -0.05) is 24.3 Å². The van der Waals surface area contributed by atoms with E-state index in [1.54, 1.807) is 0 Å². The van der Waals surface area contributed by atoms with Crippen LogP contribution in [0.1, 0.15) is 56.3 Å². The van der Waals surface area contributed by atoms with Crippen LogP contribution in [-0.4, -0.2) is 12.6 Å². The van der Waals surface area contributed by atoms with Gasteiger partial charge in [0.2, 0.25) is 0 Å². The van der Waals surface area contributed by atoms with Crippen LogP contribution in [0, 0.1) is 0 Å². The Balaban J connectivity index is 1.91. The number of fused-ring (bicyclic) bond motifs is 2. The molecule has 0 saturated heterocycles. The normalized spacial score (nSPS) is 20.8. The summed E-state index contributed by atoms with van der Waals surface area (Å²) in [5, 5.41) is 0. The number of hydrogen-bond acceptors (Lipinski definition) is 3. The van der Waals surface area contributed by atoms with Gasteiger partial charge in [-0.15, -0.1) is 0 Å². The summed E-state index contributed by atoms with van der Waals surface area (Å²) in [6, 6.07) is 8.29. The molecule has 0 bridgehead atoms. The Labute approximate surface area is 119 Å². The zero-order valence-electron chi connectivity index (χ0n) is 11.9. The van der Waals surface area contributed by atoms with Crippen LogP contribution < -0.4 is 0 Å². The van der Waals surface area contributed by atoms with Crippen LogP contribution in [0.2, 0.25) is 0 Å². The molecule has 1 atom stereocenters. The van der Waals surface area contributed by atoms with E-state index >= 15 is 0 Å². The fourth-order valence-corrected chi connectivity index (χ4v) is 3.10. The van der Waals surface area contributed by atoms with Crippen molar-refractivity contribution >= 4 is 11.5 Å². The van der Waals surface area contributed by atoms with E-state index in [2.05, 4.69) is 18.2 Å². The van der Waals surface area contributed by atoms with E-state index in [0.29, 0.717) is 13.0 Å². The predicted molar refractivity (Wildman–Crippen MR) is 76.9 cm³/mol. The van der Waals surface area contributed by atoms with Crippen molar-refractivity contribution in [2.75, 3.05) is 6.61 Å². The van der Waals surface area contributed by atoms with E-state index in [1.165, 1.54) is 24.0 Å². The molecular weight excluding hydrogens is 252 g/mol. The first-order valence-electron chi connectivity index (χ1n) is 7.43. The maximum atomic E-state index is 11.8. The molecule has 3 nitrogen and oxygen atoms in total. The number of carbonyl (C=O) groups is 1. The first kappa shape index (κ1) is 13.2. The Morgan fingerprint density at radius 1 is 1.30 bits per heavy atom. The van der Waals surface area contributed by atoms with Crippen molar-refractivity contribution in [1.82, 2.24) is 0 Å². The van der Waals surface area contributed by atoms with E-state index in [0.717, 1.165) is 24.2 Å². The first-order chi connectivity index (χ1) is 9.79. The Bertz CT molecular complexity index is 545. The summed E-state index contributed by atoms with van der Waals surface area (Å²) in [5.41, 5.74) is 3.73. The molecule has 0 N–H and O–H groups in total. The topological polar surface area (TPSA) is 35.5 Å². The van der Waals surface area contributed by atoms with Gasteiger partial charge in [-0.3, -0.25) is 4.79 Å². The highest BCUT2D eigenvalue weighted by Crippen LogP contribution is 2.44. The third kappa shape index (κ3) is 2.45. The summed E-state index contributed by atoms with van der Waals surface area (Å²) in [6.07, 6.45) is 4.57. The molecule has 3 heteroatoms. The third-order valence-electron chi connectivity index (χ3n) is 3.99. The molecule has 0 unspecified atom stereocenters. The number of allylic oxidation sites excluding steroid dienone is 2. The Morgan fingerprint density at radius 3 is 2.95 bits per heavy atom. The largest absolute Gasteiger partial charge is 0.489 e. The maximum Gasteiger partial charge on any atom is 0.309 e. The monoisotopic (exact) mass is 272 g/mol. The van der Waals surface area contributed by atoms with E-state index in [9.17, 15) is 4.79 Å². The van der Waals surface area contributed by atoms with Crippen LogP contribution in [0.25, 0.3) is 5.57 Å². The molecule has 1 aromatic rings. The van der Waals surface area contributed by atoms with Crippen molar-refractivity contribution in [2.24, 2.45) is 0 Å². The van der Waals surface area contributed by atoms with Gasteiger partial charge in [0.05, 0.1) is 13.0 Å². The molecule has 0 amide bonds. The number of ether oxygens (including phenoxy) is 2. The van der Waals surface area contributed by atoms with Crippen LogP contribution in [0.15, 0.2) is 30.0 Å². The van der Waals surface area contributed by atoms with Gasteiger partial charge in [0, 0.05) is 12.0 Å². The zero-order chi connectivity index (χ0) is 13.9. The van der Waals surface area contributed by atoms with Gasteiger partial charge >= 0.3 is 5.97 Å². The zero-order valence-corrected chi connectivity index (χ0v) is 11.9. The molecule has 106 valence electrons. The van der Waals surface area contributed by atoms with Crippen molar-refractivity contribution in [1.29, 1.82) is 0 Å². The summed E-state index contributed by atoms with van der Waals surface area (Å²) < 4.78 is 11.2.